The molecule has 0 atom stereocenters. The fraction of sp³-hybridized carbons (Fsp3) is 0.182. The summed E-state index contributed by atoms with van der Waals surface area (Å²) in [5.74, 6) is -1.13. The van der Waals surface area contributed by atoms with E-state index in [0.29, 0.717) is 9.99 Å². The first kappa shape index (κ1) is 24.2. The van der Waals surface area contributed by atoms with Crippen molar-refractivity contribution in [3.05, 3.63) is 78.1 Å². The Morgan fingerprint density at radius 1 is 0.848 bits per heavy atom. The molecule has 0 N–H and O–H groups in total. The molecule has 0 fully saturated rings. The standard InChI is InChI=1S/C22H23N3O6S2/c1-16-5-11-21(12-6-16)33(30,31)24-14-13-18(15-24)22(27)25(32(4,28)29)20-9-7-19(8-10-20)23(3)17(2)26/h5-15H,1-4H3. The number of benzene rings is 2. The maximum atomic E-state index is 13.1. The summed E-state index contributed by atoms with van der Waals surface area (Å²) in [7, 11) is -6.45. The monoisotopic (exact) mass is 489 g/mol. The summed E-state index contributed by atoms with van der Waals surface area (Å²) >= 11 is 0. The van der Waals surface area contributed by atoms with Crippen molar-refractivity contribution >= 4 is 43.2 Å². The zero-order valence-electron chi connectivity index (χ0n) is 18.5. The summed E-state index contributed by atoms with van der Waals surface area (Å²) < 4.78 is 52.1. The Hall–Kier alpha value is -3.44. The second kappa shape index (κ2) is 8.83. The average Bonchev–Trinajstić information content (AvgIpc) is 3.24. The van der Waals surface area contributed by atoms with Gasteiger partial charge in [-0.3, -0.25) is 9.59 Å². The van der Waals surface area contributed by atoms with Gasteiger partial charge in [-0.25, -0.2) is 25.1 Å². The highest BCUT2D eigenvalue weighted by atomic mass is 32.2. The van der Waals surface area contributed by atoms with Gasteiger partial charge < -0.3 is 4.90 Å². The minimum absolute atomic E-state index is 0.0350. The predicted octanol–water partition coefficient (Wildman–Crippen LogP) is 2.62. The summed E-state index contributed by atoms with van der Waals surface area (Å²) in [5.41, 5.74) is 1.34. The maximum Gasteiger partial charge on any atom is 0.273 e. The van der Waals surface area contributed by atoms with Gasteiger partial charge in [0.1, 0.15) is 0 Å². The Balaban J connectivity index is 1.97. The third-order valence-electron chi connectivity index (χ3n) is 4.97. The van der Waals surface area contributed by atoms with Crippen LogP contribution in [0.5, 0.6) is 0 Å². The molecule has 1 aromatic heterocycles. The fourth-order valence-corrected chi connectivity index (χ4v) is 5.16. The van der Waals surface area contributed by atoms with Crippen LogP contribution in [0.1, 0.15) is 22.8 Å². The summed E-state index contributed by atoms with van der Waals surface area (Å²) in [5, 5.41) is 0. The highest BCUT2D eigenvalue weighted by molar-refractivity contribution is 7.92. The smallest absolute Gasteiger partial charge is 0.273 e. The molecule has 0 aliphatic carbocycles. The molecule has 0 aliphatic rings. The average molecular weight is 490 g/mol. The van der Waals surface area contributed by atoms with E-state index in [1.54, 1.807) is 19.2 Å². The van der Waals surface area contributed by atoms with Crippen molar-refractivity contribution in [2.75, 3.05) is 22.5 Å². The first-order valence-electron chi connectivity index (χ1n) is 9.71. The number of aryl methyl sites for hydroxylation is 1. The quantitative estimate of drug-likeness (QED) is 0.526. The summed E-state index contributed by atoms with van der Waals surface area (Å²) in [6, 6.07) is 13.3. The maximum absolute atomic E-state index is 13.1. The first-order valence-corrected chi connectivity index (χ1v) is 13.0. The molecular formula is C22H23N3O6S2. The zero-order valence-corrected chi connectivity index (χ0v) is 20.1. The van der Waals surface area contributed by atoms with Crippen LogP contribution >= 0.6 is 0 Å². The second-order valence-electron chi connectivity index (χ2n) is 7.48. The van der Waals surface area contributed by atoms with Gasteiger partial charge in [0.2, 0.25) is 15.9 Å². The van der Waals surface area contributed by atoms with Gasteiger partial charge in [-0.15, -0.1) is 0 Å². The van der Waals surface area contributed by atoms with Crippen LogP contribution in [-0.4, -0.2) is 45.9 Å². The minimum atomic E-state index is -4.05. The lowest BCUT2D eigenvalue weighted by atomic mass is 10.2. The lowest BCUT2D eigenvalue weighted by Gasteiger charge is -2.21. The van der Waals surface area contributed by atoms with Crippen molar-refractivity contribution in [2.45, 2.75) is 18.7 Å². The van der Waals surface area contributed by atoms with Crippen LogP contribution in [0.4, 0.5) is 11.4 Å². The number of sulfonamides is 1. The SMILES string of the molecule is CC(=O)N(C)c1ccc(N(C(=O)c2ccn(S(=O)(=O)c3ccc(C)cc3)c2)S(C)(=O)=O)cc1. The topological polar surface area (TPSA) is 114 Å². The van der Waals surface area contributed by atoms with Gasteiger partial charge in [-0.2, -0.15) is 0 Å². The molecule has 11 heteroatoms. The normalized spacial score (nSPS) is 11.8. The van der Waals surface area contributed by atoms with Crippen molar-refractivity contribution in [1.29, 1.82) is 0 Å². The molecular weight excluding hydrogens is 466 g/mol. The van der Waals surface area contributed by atoms with E-state index in [2.05, 4.69) is 0 Å². The van der Waals surface area contributed by atoms with Crippen LogP contribution in [0.25, 0.3) is 0 Å². The van der Waals surface area contributed by atoms with E-state index in [4.69, 9.17) is 0 Å². The number of nitrogens with zero attached hydrogens (tertiary/aromatic N) is 3. The molecule has 2 amide bonds. The molecule has 0 aliphatic heterocycles. The number of hydrogen-bond acceptors (Lipinski definition) is 6. The Bertz CT molecular complexity index is 1410. The number of amides is 2. The van der Waals surface area contributed by atoms with Crippen LogP contribution in [0, 0.1) is 6.92 Å². The van der Waals surface area contributed by atoms with Crippen LogP contribution < -0.4 is 9.21 Å². The van der Waals surface area contributed by atoms with Crippen LogP contribution in [0.3, 0.4) is 0 Å². The highest BCUT2D eigenvalue weighted by Crippen LogP contribution is 2.25. The van der Waals surface area contributed by atoms with E-state index < -0.39 is 26.0 Å². The van der Waals surface area contributed by atoms with Crippen LogP contribution in [0.2, 0.25) is 0 Å². The lowest BCUT2D eigenvalue weighted by Crippen LogP contribution is -2.36. The Morgan fingerprint density at radius 3 is 1.91 bits per heavy atom. The number of carbonyl (C=O) groups is 2. The van der Waals surface area contributed by atoms with Gasteiger partial charge in [0, 0.05) is 32.1 Å². The minimum Gasteiger partial charge on any atom is -0.316 e. The molecule has 174 valence electrons. The van der Waals surface area contributed by atoms with Crippen molar-refractivity contribution in [2.24, 2.45) is 0 Å². The van der Waals surface area contributed by atoms with E-state index >= 15 is 0 Å². The van der Waals surface area contributed by atoms with E-state index in [1.807, 2.05) is 6.92 Å². The molecule has 9 nitrogen and oxygen atoms in total. The van der Waals surface area contributed by atoms with Gasteiger partial charge in [0.05, 0.1) is 22.4 Å². The van der Waals surface area contributed by atoms with E-state index in [1.165, 1.54) is 60.5 Å². The molecule has 2 aromatic carbocycles. The lowest BCUT2D eigenvalue weighted by molar-refractivity contribution is -0.116. The molecule has 0 unspecified atom stereocenters. The van der Waals surface area contributed by atoms with Crippen LogP contribution in [-0.2, 0) is 24.8 Å². The van der Waals surface area contributed by atoms with E-state index in [9.17, 15) is 26.4 Å². The Labute approximate surface area is 193 Å². The molecule has 0 saturated heterocycles. The van der Waals surface area contributed by atoms with Crippen molar-refractivity contribution in [1.82, 2.24) is 3.97 Å². The van der Waals surface area contributed by atoms with Gasteiger partial charge in [-0.1, -0.05) is 17.7 Å². The largest absolute Gasteiger partial charge is 0.316 e. The number of aromatic nitrogens is 1. The number of anilines is 2. The van der Waals surface area contributed by atoms with E-state index in [0.717, 1.165) is 22.0 Å². The third kappa shape index (κ3) is 4.99. The van der Waals surface area contributed by atoms with Crippen molar-refractivity contribution in [3.8, 4) is 0 Å². The zero-order chi connectivity index (χ0) is 24.6. The molecule has 33 heavy (non-hydrogen) atoms. The number of carbonyl (C=O) groups excluding carboxylic acids is 2. The predicted molar refractivity (Wildman–Crippen MR) is 125 cm³/mol. The molecule has 0 radical (unpaired) electrons. The second-order valence-corrected chi connectivity index (χ2v) is 11.1. The van der Waals surface area contributed by atoms with Gasteiger partial charge in [-0.05, 0) is 49.4 Å². The molecule has 0 bridgehead atoms. The molecule has 0 spiro atoms. The molecule has 3 rings (SSSR count). The fourth-order valence-electron chi connectivity index (χ4n) is 3.05. The summed E-state index contributed by atoms with van der Waals surface area (Å²) in [4.78, 5) is 26.0. The number of rotatable bonds is 6. The Kier molecular flexibility index (Phi) is 6.48. The summed E-state index contributed by atoms with van der Waals surface area (Å²) in [6.45, 7) is 3.21. The summed E-state index contributed by atoms with van der Waals surface area (Å²) in [6.07, 6.45) is 3.14. The van der Waals surface area contributed by atoms with Crippen molar-refractivity contribution < 1.29 is 26.4 Å². The Morgan fingerprint density at radius 2 is 1.39 bits per heavy atom. The third-order valence-corrected chi connectivity index (χ3v) is 7.66. The first-order chi connectivity index (χ1) is 15.3. The molecule has 3 aromatic rings. The van der Waals surface area contributed by atoms with E-state index in [-0.39, 0.29) is 22.1 Å². The van der Waals surface area contributed by atoms with Gasteiger partial charge >= 0.3 is 0 Å². The highest BCUT2D eigenvalue weighted by Gasteiger charge is 2.28. The van der Waals surface area contributed by atoms with Crippen LogP contribution in [0.15, 0.2) is 71.9 Å². The van der Waals surface area contributed by atoms with Gasteiger partial charge in [0.25, 0.3) is 15.9 Å². The number of hydrogen-bond donors (Lipinski definition) is 0. The molecule has 0 saturated carbocycles. The van der Waals surface area contributed by atoms with Crippen molar-refractivity contribution in [3.63, 3.8) is 0 Å². The van der Waals surface area contributed by atoms with Gasteiger partial charge in [0.15, 0.2) is 0 Å². The molecule has 1 heterocycles.